The van der Waals surface area contributed by atoms with Crippen LogP contribution in [0.2, 0.25) is 0 Å². The predicted molar refractivity (Wildman–Crippen MR) is 143 cm³/mol. The number of ether oxygens (including phenoxy) is 2. The summed E-state index contributed by atoms with van der Waals surface area (Å²) in [4.78, 5) is 25.5. The van der Waals surface area contributed by atoms with Gasteiger partial charge in [0.05, 0.1) is 48.9 Å². The Labute approximate surface area is 233 Å². The number of sulfone groups is 1. The number of nitrogens with one attached hydrogen (secondary N) is 1. The van der Waals surface area contributed by atoms with E-state index >= 15 is 0 Å². The van der Waals surface area contributed by atoms with Crippen LogP contribution in [0.15, 0.2) is 53.6 Å². The molecule has 5 rings (SSSR count). The molecule has 0 spiro atoms. The maximum Gasteiger partial charge on any atom is 0.251 e. The van der Waals surface area contributed by atoms with Gasteiger partial charge in [0.2, 0.25) is 21.2 Å². The van der Waals surface area contributed by atoms with Crippen molar-refractivity contribution in [1.29, 1.82) is 0 Å². The molecule has 0 fully saturated rings. The van der Waals surface area contributed by atoms with Gasteiger partial charge >= 0.3 is 0 Å². The molecule has 9 nitrogen and oxygen atoms in total. The van der Waals surface area contributed by atoms with E-state index in [1.807, 2.05) is 13.0 Å². The molecule has 1 aromatic carbocycles. The van der Waals surface area contributed by atoms with Crippen LogP contribution in [0.5, 0.6) is 11.6 Å². The standard InChI is InChI=1S/C28H25F3N4O5S/c1-2-39-28-20(5-4-18(34-28)7-9-29)22-6-3-16-14-32-19(13-23(16)35-22)15-33-27(36)17-11-21(30)26-24(12-17)41(37,38)25(31)8-10-40-26/h3-6,11-14,25H,2,7-10,15H2,1H3,(H,33,36)/t25-/m1/s1. The molecular weight excluding hydrogens is 561 g/mol. The van der Waals surface area contributed by atoms with E-state index in [4.69, 9.17) is 9.47 Å². The Kier molecular flexibility index (Phi) is 8.06. The van der Waals surface area contributed by atoms with Crippen LogP contribution in [0.3, 0.4) is 0 Å². The fourth-order valence-corrected chi connectivity index (χ4v) is 5.72. The third-order valence-electron chi connectivity index (χ3n) is 6.39. The number of pyridine rings is 3. The van der Waals surface area contributed by atoms with Gasteiger partial charge < -0.3 is 14.8 Å². The number of alkyl halides is 2. The third-order valence-corrected chi connectivity index (χ3v) is 8.22. The molecule has 4 aromatic rings. The second-order valence-electron chi connectivity index (χ2n) is 9.15. The summed E-state index contributed by atoms with van der Waals surface area (Å²) in [5.74, 6) is -2.12. The Morgan fingerprint density at radius 2 is 1.98 bits per heavy atom. The summed E-state index contributed by atoms with van der Waals surface area (Å²) >= 11 is 0. The Morgan fingerprint density at radius 1 is 1.15 bits per heavy atom. The van der Waals surface area contributed by atoms with E-state index in [-0.39, 0.29) is 25.1 Å². The first-order valence-electron chi connectivity index (χ1n) is 12.8. The fourth-order valence-electron chi connectivity index (χ4n) is 4.33. The zero-order chi connectivity index (χ0) is 29.1. The molecule has 0 radical (unpaired) electrons. The number of aryl methyl sites for hydroxylation is 1. The van der Waals surface area contributed by atoms with Gasteiger partial charge in [-0.15, -0.1) is 0 Å². The van der Waals surface area contributed by atoms with Crippen LogP contribution in [-0.2, 0) is 22.8 Å². The Hall–Kier alpha value is -4.26. The van der Waals surface area contributed by atoms with Gasteiger partial charge in [0.15, 0.2) is 11.6 Å². The van der Waals surface area contributed by atoms with Crippen LogP contribution in [0.25, 0.3) is 22.2 Å². The molecule has 1 N–H and O–H groups in total. The molecule has 0 saturated carbocycles. The monoisotopic (exact) mass is 586 g/mol. The maximum absolute atomic E-state index is 14.7. The summed E-state index contributed by atoms with van der Waals surface area (Å²) in [7, 11) is -4.53. The molecule has 0 bridgehead atoms. The first-order chi connectivity index (χ1) is 19.7. The highest BCUT2D eigenvalue weighted by Gasteiger charge is 2.35. The number of rotatable bonds is 8. The molecule has 41 heavy (non-hydrogen) atoms. The van der Waals surface area contributed by atoms with Gasteiger partial charge in [0, 0.05) is 35.7 Å². The first kappa shape index (κ1) is 28.3. The molecule has 1 amide bonds. The SMILES string of the molecule is CCOc1nc(CCF)ccc1-c1ccc2cnc(CNC(=O)c3cc(F)c4c(c3)S(=O)(=O)[C@@H](F)CCO4)cc2n1. The minimum Gasteiger partial charge on any atom is -0.489 e. The molecule has 13 heteroatoms. The maximum atomic E-state index is 14.7. The zero-order valence-corrected chi connectivity index (χ0v) is 22.7. The molecule has 3 aromatic heterocycles. The molecule has 214 valence electrons. The number of nitrogens with zero attached hydrogens (tertiary/aromatic N) is 3. The highest BCUT2D eigenvalue weighted by Crippen LogP contribution is 2.35. The van der Waals surface area contributed by atoms with E-state index < -0.39 is 50.8 Å². The Balaban J connectivity index is 1.38. The van der Waals surface area contributed by atoms with E-state index in [0.717, 1.165) is 17.5 Å². The largest absolute Gasteiger partial charge is 0.489 e. The summed E-state index contributed by atoms with van der Waals surface area (Å²) in [5, 5.41) is 3.30. The molecule has 1 atom stereocenters. The van der Waals surface area contributed by atoms with Gasteiger partial charge in [-0.1, -0.05) is 0 Å². The van der Waals surface area contributed by atoms with Crippen LogP contribution in [-0.4, -0.2) is 54.7 Å². The lowest BCUT2D eigenvalue weighted by atomic mass is 10.1. The normalized spacial score (nSPS) is 16.0. The first-order valence-corrected chi connectivity index (χ1v) is 14.3. The highest BCUT2D eigenvalue weighted by atomic mass is 32.2. The molecule has 4 heterocycles. The van der Waals surface area contributed by atoms with E-state index in [0.29, 0.717) is 40.6 Å². The lowest BCUT2D eigenvalue weighted by molar-refractivity contribution is 0.0949. The van der Waals surface area contributed by atoms with Crippen molar-refractivity contribution in [3.8, 4) is 22.9 Å². The quantitative estimate of drug-likeness (QED) is 0.320. The predicted octanol–water partition coefficient (Wildman–Crippen LogP) is 4.52. The number of benzene rings is 1. The van der Waals surface area contributed by atoms with Crippen LogP contribution in [0, 0.1) is 5.82 Å². The molecule has 0 aliphatic carbocycles. The minimum absolute atomic E-state index is 0.0853. The van der Waals surface area contributed by atoms with Gasteiger partial charge in [0.1, 0.15) is 4.90 Å². The number of carbonyl (C=O) groups is 1. The summed E-state index contributed by atoms with van der Waals surface area (Å²) in [6.07, 6.45) is 1.30. The second kappa shape index (κ2) is 11.7. The van der Waals surface area contributed by atoms with Crippen LogP contribution >= 0.6 is 0 Å². The smallest absolute Gasteiger partial charge is 0.251 e. The molecular formula is C28H25F3N4O5S. The zero-order valence-electron chi connectivity index (χ0n) is 21.9. The van der Waals surface area contributed by atoms with Gasteiger partial charge in [-0.3, -0.25) is 14.2 Å². The van der Waals surface area contributed by atoms with Crippen molar-refractivity contribution in [1.82, 2.24) is 20.3 Å². The number of amides is 1. The second-order valence-corrected chi connectivity index (χ2v) is 11.2. The highest BCUT2D eigenvalue weighted by molar-refractivity contribution is 7.92. The average Bonchev–Trinajstić information content (AvgIpc) is 3.07. The summed E-state index contributed by atoms with van der Waals surface area (Å²) in [6.45, 7) is 1.25. The summed E-state index contributed by atoms with van der Waals surface area (Å²) in [5.41, 5.74) is 0.160. The molecule has 0 unspecified atom stereocenters. The molecule has 0 saturated heterocycles. The average molecular weight is 587 g/mol. The van der Waals surface area contributed by atoms with Gasteiger partial charge in [-0.25, -0.2) is 27.2 Å². The number of hydrogen-bond acceptors (Lipinski definition) is 8. The van der Waals surface area contributed by atoms with Crippen molar-refractivity contribution in [2.24, 2.45) is 0 Å². The Morgan fingerprint density at radius 3 is 2.76 bits per heavy atom. The topological polar surface area (TPSA) is 120 Å². The summed E-state index contributed by atoms with van der Waals surface area (Å²) < 4.78 is 77.4. The van der Waals surface area contributed by atoms with Crippen molar-refractivity contribution >= 4 is 26.6 Å². The third kappa shape index (κ3) is 5.80. The summed E-state index contributed by atoms with van der Waals surface area (Å²) in [6, 6.07) is 10.5. The van der Waals surface area contributed by atoms with Crippen LogP contribution < -0.4 is 14.8 Å². The van der Waals surface area contributed by atoms with E-state index in [9.17, 15) is 26.4 Å². The number of aromatic nitrogens is 3. The van der Waals surface area contributed by atoms with E-state index in [1.165, 1.54) is 0 Å². The Bertz CT molecular complexity index is 1740. The fraction of sp³-hybridized carbons (Fsp3) is 0.286. The number of fused-ring (bicyclic) bond motifs is 2. The van der Waals surface area contributed by atoms with Crippen molar-refractivity contribution < 1.29 is 35.9 Å². The molecule has 1 aliphatic heterocycles. The van der Waals surface area contributed by atoms with Gasteiger partial charge in [-0.2, -0.15) is 0 Å². The number of hydrogen-bond donors (Lipinski definition) is 1. The minimum atomic E-state index is -4.53. The van der Waals surface area contributed by atoms with Crippen LogP contribution in [0.4, 0.5) is 13.2 Å². The van der Waals surface area contributed by atoms with Crippen molar-refractivity contribution in [3.05, 3.63) is 71.4 Å². The van der Waals surface area contributed by atoms with Crippen molar-refractivity contribution in [2.75, 3.05) is 19.9 Å². The van der Waals surface area contributed by atoms with Gasteiger partial charge in [-0.05, 0) is 49.4 Å². The lowest BCUT2D eigenvalue weighted by Crippen LogP contribution is -2.24. The lowest BCUT2D eigenvalue weighted by Gasteiger charge is -2.12. The van der Waals surface area contributed by atoms with Crippen molar-refractivity contribution in [3.63, 3.8) is 0 Å². The van der Waals surface area contributed by atoms with Crippen molar-refractivity contribution in [2.45, 2.75) is 36.7 Å². The number of carbonyl (C=O) groups excluding carboxylic acids is 1. The molecule has 1 aliphatic rings. The van der Waals surface area contributed by atoms with Gasteiger partial charge in [0.25, 0.3) is 5.91 Å². The number of halogens is 3. The van der Waals surface area contributed by atoms with E-state index in [2.05, 4.69) is 20.3 Å². The van der Waals surface area contributed by atoms with E-state index in [1.54, 1.807) is 30.5 Å². The van der Waals surface area contributed by atoms with Crippen LogP contribution in [0.1, 0.15) is 35.1 Å².